The van der Waals surface area contributed by atoms with Crippen molar-refractivity contribution in [3.63, 3.8) is 0 Å². The fourth-order valence-corrected chi connectivity index (χ4v) is 14.5. The molecule has 0 amide bonds. The Morgan fingerprint density at radius 1 is 0.357 bits per heavy atom. The summed E-state index contributed by atoms with van der Waals surface area (Å²) in [5, 5.41) is 10.1. The van der Waals surface area contributed by atoms with E-state index in [1.54, 1.807) is 5.57 Å². The first-order chi connectivity index (χ1) is 34.7. The molecule has 0 radical (unpaired) electrons. The molecule has 2 fully saturated rings. The molecule has 336 valence electrons. The monoisotopic (exact) mass is 898 g/mol. The molecule has 2 spiro atoms. The Morgan fingerprint density at radius 2 is 0.800 bits per heavy atom. The molecule has 2 heterocycles. The summed E-state index contributed by atoms with van der Waals surface area (Å²) in [6, 6.07) is 74.7. The van der Waals surface area contributed by atoms with Crippen LogP contribution < -0.4 is 9.80 Å². The Labute approximate surface area is 410 Å². The Morgan fingerprint density at radius 3 is 1.34 bits per heavy atom. The molecule has 5 aliphatic rings. The van der Waals surface area contributed by atoms with Gasteiger partial charge in [-0.3, -0.25) is 0 Å². The summed E-state index contributed by atoms with van der Waals surface area (Å²) in [7, 11) is 0. The van der Waals surface area contributed by atoms with Crippen LogP contribution in [0, 0.1) is 0 Å². The summed E-state index contributed by atoms with van der Waals surface area (Å²) in [5.41, 5.74) is 19.0. The van der Waals surface area contributed by atoms with Crippen molar-refractivity contribution >= 4 is 71.5 Å². The molecule has 2 saturated carbocycles. The van der Waals surface area contributed by atoms with Crippen LogP contribution in [0.1, 0.15) is 80.9 Å². The number of hydrogen-bond acceptors (Lipinski definition) is 2. The van der Waals surface area contributed by atoms with E-state index in [1.807, 2.05) is 0 Å². The molecule has 15 rings (SSSR count). The zero-order valence-electron chi connectivity index (χ0n) is 39.6. The molecule has 0 N–H and O–H groups in total. The van der Waals surface area contributed by atoms with Crippen molar-refractivity contribution in [1.29, 1.82) is 0 Å². The van der Waals surface area contributed by atoms with E-state index >= 15 is 0 Å². The van der Waals surface area contributed by atoms with Crippen molar-refractivity contribution in [2.45, 2.75) is 75.0 Å². The molecular weight excluding hydrogens is 845 g/mol. The van der Waals surface area contributed by atoms with Gasteiger partial charge in [-0.25, -0.2) is 0 Å². The van der Waals surface area contributed by atoms with Gasteiger partial charge in [0.05, 0.1) is 17.1 Å². The molecule has 0 bridgehead atoms. The number of allylic oxidation sites excluding steroid dienone is 3. The highest BCUT2D eigenvalue weighted by molar-refractivity contribution is 6.23. The van der Waals surface area contributed by atoms with Gasteiger partial charge in [0.2, 0.25) is 0 Å². The van der Waals surface area contributed by atoms with E-state index in [2.05, 4.69) is 216 Å². The first kappa shape index (κ1) is 40.2. The lowest BCUT2D eigenvalue weighted by Crippen LogP contribution is -2.37. The molecule has 10 aromatic carbocycles. The highest BCUT2D eigenvalue weighted by Crippen LogP contribution is 2.60. The molecule has 2 aliphatic heterocycles. The normalized spacial score (nSPS) is 17.5. The van der Waals surface area contributed by atoms with Gasteiger partial charge in [0.25, 0.3) is 0 Å². The van der Waals surface area contributed by atoms with E-state index in [4.69, 9.17) is 0 Å². The molecule has 3 aliphatic carbocycles. The fourth-order valence-electron chi connectivity index (χ4n) is 14.5. The van der Waals surface area contributed by atoms with Crippen LogP contribution in [0.15, 0.2) is 218 Å². The van der Waals surface area contributed by atoms with Gasteiger partial charge < -0.3 is 9.80 Å². The third-order valence-corrected chi connectivity index (χ3v) is 17.5. The molecule has 0 saturated heterocycles. The van der Waals surface area contributed by atoms with E-state index in [0.29, 0.717) is 0 Å². The quantitative estimate of drug-likeness (QED) is 0.162. The summed E-state index contributed by atoms with van der Waals surface area (Å²) in [4.78, 5) is 5.20. The zero-order chi connectivity index (χ0) is 46.0. The average Bonchev–Trinajstić information content (AvgIpc) is 4.13. The molecule has 70 heavy (non-hydrogen) atoms. The second-order valence-electron chi connectivity index (χ2n) is 20.9. The van der Waals surface area contributed by atoms with Crippen LogP contribution in [0.5, 0.6) is 0 Å². The van der Waals surface area contributed by atoms with Gasteiger partial charge >= 0.3 is 0 Å². The van der Waals surface area contributed by atoms with Gasteiger partial charge in [0, 0.05) is 27.9 Å². The minimum Gasteiger partial charge on any atom is -0.310 e. The molecule has 2 heteroatoms. The summed E-state index contributed by atoms with van der Waals surface area (Å²) in [6.07, 6.45) is 17.1. The average molecular weight is 899 g/mol. The minimum atomic E-state index is 0.0464. The number of para-hydroxylation sites is 3. The van der Waals surface area contributed by atoms with Crippen LogP contribution in [0.25, 0.3) is 65.3 Å². The van der Waals surface area contributed by atoms with Gasteiger partial charge in [-0.1, -0.05) is 171 Å². The second kappa shape index (κ2) is 15.4. The number of hydrogen-bond donors (Lipinski definition) is 0. The van der Waals surface area contributed by atoms with E-state index in [1.165, 1.54) is 168 Å². The molecule has 2 nitrogen and oxygen atoms in total. The van der Waals surface area contributed by atoms with Crippen LogP contribution in [0.4, 0.5) is 28.4 Å². The smallest absolute Gasteiger partial charge is 0.0502 e. The molecular formula is C68H54N2. The van der Waals surface area contributed by atoms with Gasteiger partial charge in [0.15, 0.2) is 0 Å². The first-order valence-electron chi connectivity index (χ1n) is 26.0. The summed E-state index contributed by atoms with van der Waals surface area (Å²) < 4.78 is 0. The van der Waals surface area contributed by atoms with Crippen molar-refractivity contribution in [2.75, 3.05) is 9.80 Å². The maximum Gasteiger partial charge on any atom is 0.0502 e. The van der Waals surface area contributed by atoms with Crippen LogP contribution >= 0.6 is 0 Å². The van der Waals surface area contributed by atoms with E-state index < -0.39 is 0 Å². The lowest BCUT2D eigenvalue weighted by atomic mass is 9.66. The standard InChI is InChI=1S/C68H54N2/c1-3-19-47-41-49(31-29-45(47)17-1)65-53-35-33-52(70-63-27-11-7-23-59(63)68(39-15-16-40-68)60-24-8-12-28-64(60)70)44-56(53)66(50-32-30-46-18-2-4-20-48(46)42-50)54-36-34-51(43-55(54)65)69-61-25-9-5-21-57(61)67(37-13-14-38-67)58-22-6-10-26-62(58)69/h1-7,9-12,17-23,25-36,41-44H,8,13-16,24,37-40H2. The van der Waals surface area contributed by atoms with Crippen molar-refractivity contribution in [3.8, 4) is 22.3 Å². The van der Waals surface area contributed by atoms with Crippen LogP contribution in [0.2, 0.25) is 0 Å². The van der Waals surface area contributed by atoms with Crippen molar-refractivity contribution in [1.82, 2.24) is 0 Å². The van der Waals surface area contributed by atoms with Crippen molar-refractivity contribution < 1.29 is 0 Å². The third kappa shape index (κ3) is 5.74. The van der Waals surface area contributed by atoms with Crippen LogP contribution in [0.3, 0.4) is 0 Å². The lowest BCUT2D eigenvalue weighted by Gasteiger charge is -2.46. The number of nitrogens with zero attached hydrogens (tertiary/aromatic N) is 2. The number of rotatable bonds is 4. The van der Waals surface area contributed by atoms with E-state index in [0.717, 1.165) is 12.8 Å². The van der Waals surface area contributed by atoms with Gasteiger partial charge in [0.1, 0.15) is 0 Å². The highest BCUT2D eigenvalue weighted by Gasteiger charge is 2.47. The summed E-state index contributed by atoms with van der Waals surface area (Å²) >= 11 is 0. The Hall–Kier alpha value is -7.68. The van der Waals surface area contributed by atoms with E-state index in [-0.39, 0.29) is 10.8 Å². The second-order valence-corrected chi connectivity index (χ2v) is 20.9. The molecule has 0 aromatic heterocycles. The minimum absolute atomic E-state index is 0.0464. The maximum atomic E-state index is 2.62. The fraction of sp³-hybridized carbons (Fsp3) is 0.176. The van der Waals surface area contributed by atoms with Crippen LogP contribution in [-0.4, -0.2) is 0 Å². The zero-order valence-corrected chi connectivity index (χ0v) is 39.6. The predicted molar refractivity (Wildman–Crippen MR) is 295 cm³/mol. The van der Waals surface area contributed by atoms with Crippen molar-refractivity contribution in [3.05, 3.63) is 234 Å². The van der Waals surface area contributed by atoms with Crippen LogP contribution in [-0.2, 0) is 10.8 Å². The van der Waals surface area contributed by atoms with Gasteiger partial charge in [-0.2, -0.15) is 0 Å². The highest BCUT2D eigenvalue weighted by atomic mass is 15.2. The topological polar surface area (TPSA) is 6.48 Å². The molecule has 0 unspecified atom stereocenters. The number of fused-ring (bicyclic) bond motifs is 11. The Kier molecular flexibility index (Phi) is 8.86. The Bertz CT molecular complexity index is 3820. The maximum absolute atomic E-state index is 2.62. The summed E-state index contributed by atoms with van der Waals surface area (Å²) in [5.74, 6) is 0. The van der Waals surface area contributed by atoms with Crippen molar-refractivity contribution in [2.24, 2.45) is 0 Å². The Balaban J connectivity index is 1.04. The number of anilines is 5. The lowest BCUT2D eigenvalue weighted by molar-refractivity contribution is 0.487. The predicted octanol–water partition coefficient (Wildman–Crippen LogP) is 18.8. The van der Waals surface area contributed by atoms with Gasteiger partial charge in [-0.05, 0) is 187 Å². The SMILES string of the molecule is C1=CC2=C(CC1)C1(CCCC1)c1ccccc1N2c1ccc2c(-c3ccc4ccccc4c3)c3cc(N4c5ccccc5C5(CCCC5)c5ccccc54)ccc3c(-c3ccc4ccccc4c3)c2c1. The largest absolute Gasteiger partial charge is 0.310 e. The van der Waals surface area contributed by atoms with E-state index in [9.17, 15) is 0 Å². The molecule has 10 aromatic rings. The third-order valence-electron chi connectivity index (χ3n) is 17.5. The molecule has 0 atom stereocenters. The first-order valence-corrected chi connectivity index (χ1v) is 26.0. The summed E-state index contributed by atoms with van der Waals surface area (Å²) in [6.45, 7) is 0. The number of benzene rings is 10. The van der Waals surface area contributed by atoms with Gasteiger partial charge in [-0.15, -0.1) is 0 Å².